The average molecular weight is 482 g/mol. The number of nitrogens with zero attached hydrogens (tertiary/aromatic N) is 2. The van der Waals surface area contributed by atoms with Crippen LogP contribution >= 0.6 is 24.0 Å². The largest absolute Gasteiger partial charge is 0.486 e. The summed E-state index contributed by atoms with van der Waals surface area (Å²) in [6.07, 6.45) is 4.57. The topological polar surface area (TPSA) is 67.8 Å². The van der Waals surface area contributed by atoms with E-state index in [1.165, 1.54) is 11.1 Å². The van der Waals surface area contributed by atoms with Crippen LogP contribution in [0.15, 0.2) is 47.7 Å². The molecule has 3 rings (SSSR count). The number of fused-ring (bicyclic) bond motifs is 1. The molecule has 0 spiro atoms. The summed E-state index contributed by atoms with van der Waals surface area (Å²) in [6, 6.07) is 9.79. The van der Waals surface area contributed by atoms with Gasteiger partial charge in [-0.15, -0.1) is 24.0 Å². The van der Waals surface area contributed by atoms with Crippen LogP contribution in [0, 0.1) is 6.92 Å². The summed E-state index contributed by atoms with van der Waals surface area (Å²) in [6.45, 7) is 6.81. The Morgan fingerprint density at radius 3 is 2.81 bits per heavy atom. The Bertz CT molecular complexity index is 754. The third-order valence-electron chi connectivity index (χ3n) is 4.19. The highest BCUT2D eigenvalue weighted by molar-refractivity contribution is 14.0. The number of guanidine groups is 1. The highest BCUT2D eigenvalue weighted by Gasteiger charge is 2.20. The van der Waals surface area contributed by atoms with Crippen molar-refractivity contribution in [2.45, 2.75) is 26.4 Å². The second-order valence-electron chi connectivity index (χ2n) is 6.20. The predicted molar refractivity (Wildman–Crippen MR) is 118 cm³/mol. The number of benzene rings is 1. The fourth-order valence-electron chi connectivity index (χ4n) is 2.79. The van der Waals surface area contributed by atoms with Crippen LogP contribution in [0.2, 0.25) is 0 Å². The fraction of sp³-hybridized carbons (Fsp3) is 0.400. The van der Waals surface area contributed by atoms with Crippen molar-refractivity contribution in [2.75, 3.05) is 26.2 Å². The van der Waals surface area contributed by atoms with Crippen molar-refractivity contribution in [3.8, 4) is 11.5 Å². The van der Waals surface area contributed by atoms with Gasteiger partial charge in [-0.3, -0.25) is 4.98 Å². The Morgan fingerprint density at radius 1 is 1.22 bits per heavy atom. The first-order chi connectivity index (χ1) is 12.8. The molecule has 146 valence electrons. The number of aliphatic imine (C=N–C) groups is 1. The molecule has 2 N–H and O–H groups in total. The molecule has 7 heteroatoms. The van der Waals surface area contributed by atoms with E-state index in [4.69, 9.17) is 9.47 Å². The van der Waals surface area contributed by atoms with Gasteiger partial charge in [0, 0.05) is 25.5 Å². The number of hydrogen-bond donors (Lipinski definition) is 2. The fourth-order valence-corrected chi connectivity index (χ4v) is 2.79. The molecule has 1 aliphatic heterocycles. The molecule has 0 fully saturated rings. The van der Waals surface area contributed by atoms with Gasteiger partial charge in [0.05, 0.1) is 6.54 Å². The zero-order valence-electron chi connectivity index (χ0n) is 15.8. The van der Waals surface area contributed by atoms with Crippen molar-refractivity contribution < 1.29 is 9.47 Å². The monoisotopic (exact) mass is 482 g/mol. The number of aromatic nitrogens is 1. The summed E-state index contributed by atoms with van der Waals surface area (Å²) >= 11 is 0. The minimum atomic E-state index is -0.0807. The van der Waals surface area contributed by atoms with Gasteiger partial charge in [0.25, 0.3) is 0 Å². The lowest BCUT2D eigenvalue weighted by Crippen LogP contribution is -2.40. The molecular weight excluding hydrogens is 455 g/mol. The number of halogens is 1. The number of nitrogens with one attached hydrogen (secondary N) is 2. The van der Waals surface area contributed by atoms with Gasteiger partial charge in [-0.2, -0.15) is 0 Å². The first-order valence-corrected chi connectivity index (χ1v) is 9.06. The molecule has 0 saturated heterocycles. The van der Waals surface area contributed by atoms with Crippen molar-refractivity contribution in [1.29, 1.82) is 0 Å². The lowest BCUT2D eigenvalue weighted by atomic mass is 10.1. The maximum absolute atomic E-state index is 5.96. The molecule has 0 saturated carbocycles. The maximum Gasteiger partial charge on any atom is 0.191 e. The van der Waals surface area contributed by atoms with Crippen molar-refractivity contribution in [1.82, 2.24) is 15.6 Å². The highest BCUT2D eigenvalue weighted by atomic mass is 127. The number of aryl methyl sites for hydroxylation is 1. The molecule has 0 radical (unpaired) electrons. The van der Waals surface area contributed by atoms with Gasteiger partial charge in [-0.25, -0.2) is 4.99 Å². The van der Waals surface area contributed by atoms with E-state index in [-0.39, 0.29) is 30.1 Å². The molecule has 1 aromatic heterocycles. The molecule has 27 heavy (non-hydrogen) atoms. The normalized spacial score (nSPS) is 15.6. The Morgan fingerprint density at radius 2 is 2.04 bits per heavy atom. The number of rotatable bonds is 6. The molecule has 1 aromatic carbocycles. The summed E-state index contributed by atoms with van der Waals surface area (Å²) in [5, 5.41) is 6.65. The van der Waals surface area contributed by atoms with Crippen LogP contribution in [0.5, 0.6) is 11.5 Å². The van der Waals surface area contributed by atoms with Crippen LogP contribution in [-0.2, 0) is 6.42 Å². The minimum Gasteiger partial charge on any atom is -0.486 e. The second-order valence-corrected chi connectivity index (χ2v) is 6.20. The van der Waals surface area contributed by atoms with Gasteiger partial charge in [-0.05, 0) is 49.6 Å². The van der Waals surface area contributed by atoms with Gasteiger partial charge in [0.2, 0.25) is 0 Å². The van der Waals surface area contributed by atoms with Gasteiger partial charge >= 0.3 is 0 Å². The summed E-state index contributed by atoms with van der Waals surface area (Å²) in [5.74, 6) is 2.37. The zero-order chi connectivity index (χ0) is 18.2. The Hall–Kier alpha value is -2.03. The molecular formula is C20H27IN4O2. The van der Waals surface area contributed by atoms with Crippen molar-refractivity contribution in [2.24, 2.45) is 4.99 Å². The first kappa shape index (κ1) is 21.3. The second kappa shape index (κ2) is 11.0. The standard InChI is InChI=1S/C20H26N4O2.HI/c1-3-22-20(23-11-9-16-8-10-21-12-15(16)2)24-13-17-14-25-18-6-4-5-7-19(18)26-17;/h4-8,10,12,17H,3,9,11,13-14H2,1-2H3,(H2,22,23,24);1H. The van der Waals surface area contributed by atoms with Crippen LogP contribution in [0.25, 0.3) is 0 Å². The van der Waals surface area contributed by atoms with Gasteiger partial charge < -0.3 is 20.1 Å². The maximum atomic E-state index is 5.96. The van der Waals surface area contributed by atoms with E-state index in [1.54, 1.807) is 0 Å². The SMILES string of the molecule is CCNC(=NCC1COc2ccccc2O1)NCCc1ccncc1C.I. The zero-order valence-corrected chi connectivity index (χ0v) is 18.1. The van der Waals surface area contributed by atoms with Gasteiger partial charge in [0.15, 0.2) is 23.6 Å². The highest BCUT2D eigenvalue weighted by Crippen LogP contribution is 2.30. The molecule has 0 amide bonds. The number of pyridine rings is 1. The molecule has 0 aliphatic carbocycles. The van der Waals surface area contributed by atoms with E-state index < -0.39 is 0 Å². The first-order valence-electron chi connectivity index (χ1n) is 9.06. The van der Waals surface area contributed by atoms with Crippen LogP contribution in [0.4, 0.5) is 0 Å². The summed E-state index contributed by atoms with van der Waals surface area (Å²) < 4.78 is 11.7. The number of ether oxygens (including phenoxy) is 2. The summed E-state index contributed by atoms with van der Waals surface area (Å²) in [4.78, 5) is 8.77. The van der Waals surface area contributed by atoms with Crippen molar-refractivity contribution in [3.05, 3.63) is 53.9 Å². The smallest absolute Gasteiger partial charge is 0.191 e. The molecule has 1 unspecified atom stereocenters. The molecule has 1 atom stereocenters. The van der Waals surface area contributed by atoms with Crippen LogP contribution < -0.4 is 20.1 Å². The van der Waals surface area contributed by atoms with Gasteiger partial charge in [-0.1, -0.05) is 12.1 Å². The van der Waals surface area contributed by atoms with Crippen LogP contribution in [-0.4, -0.2) is 43.3 Å². The van der Waals surface area contributed by atoms with E-state index >= 15 is 0 Å². The van der Waals surface area contributed by atoms with E-state index in [1.807, 2.05) is 36.7 Å². The van der Waals surface area contributed by atoms with E-state index in [2.05, 4.69) is 40.5 Å². The van der Waals surface area contributed by atoms with E-state index in [9.17, 15) is 0 Å². The molecule has 6 nitrogen and oxygen atoms in total. The molecule has 0 bridgehead atoms. The Balaban J connectivity index is 0.00000261. The van der Waals surface area contributed by atoms with E-state index in [0.29, 0.717) is 13.2 Å². The molecule has 2 heterocycles. The third-order valence-corrected chi connectivity index (χ3v) is 4.19. The third kappa shape index (κ3) is 6.27. The lowest BCUT2D eigenvalue weighted by molar-refractivity contribution is 0.0971. The predicted octanol–water partition coefficient (Wildman–Crippen LogP) is 2.95. The summed E-state index contributed by atoms with van der Waals surface area (Å²) in [5.41, 5.74) is 2.51. The number of para-hydroxylation sites is 2. The molecule has 2 aromatic rings. The van der Waals surface area contributed by atoms with Gasteiger partial charge in [0.1, 0.15) is 6.61 Å². The Labute approximate surface area is 177 Å². The van der Waals surface area contributed by atoms with Crippen molar-refractivity contribution >= 4 is 29.9 Å². The Kier molecular flexibility index (Phi) is 8.63. The number of hydrogen-bond acceptors (Lipinski definition) is 4. The molecule has 1 aliphatic rings. The quantitative estimate of drug-likeness (QED) is 0.377. The van der Waals surface area contributed by atoms with Crippen molar-refractivity contribution in [3.63, 3.8) is 0 Å². The van der Waals surface area contributed by atoms with Crippen LogP contribution in [0.1, 0.15) is 18.1 Å². The summed E-state index contributed by atoms with van der Waals surface area (Å²) in [7, 11) is 0. The minimum absolute atomic E-state index is 0. The lowest BCUT2D eigenvalue weighted by Gasteiger charge is -2.25. The average Bonchev–Trinajstić information content (AvgIpc) is 2.67. The van der Waals surface area contributed by atoms with E-state index in [0.717, 1.165) is 37.0 Å². The van der Waals surface area contributed by atoms with Crippen LogP contribution in [0.3, 0.4) is 0 Å².